The van der Waals surface area contributed by atoms with Crippen molar-refractivity contribution in [1.82, 2.24) is 9.78 Å². The van der Waals surface area contributed by atoms with Crippen LogP contribution in [-0.2, 0) is 0 Å². The highest BCUT2D eigenvalue weighted by molar-refractivity contribution is 5.39. The van der Waals surface area contributed by atoms with E-state index in [0.717, 1.165) is 5.92 Å². The first-order valence-electron chi connectivity index (χ1n) is 6.01. The molecule has 3 heteroatoms. The molecule has 1 fully saturated rings. The number of hydrogen-bond acceptors (Lipinski definition) is 2. The molecule has 15 heavy (non-hydrogen) atoms. The summed E-state index contributed by atoms with van der Waals surface area (Å²) in [6, 6.07) is 1.09. The maximum Gasteiger partial charge on any atom is 0.0728 e. The highest BCUT2D eigenvalue weighted by Gasteiger charge is 2.29. The zero-order chi connectivity index (χ0) is 10.8. The summed E-state index contributed by atoms with van der Waals surface area (Å²) in [6.07, 6.45) is 8.03. The molecule has 1 aromatic rings. The van der Waals surface area contributed by atoms with Crippen LogP contribution in [0.4, 0.5) is 5.69 Å². The topological polar surface area (TPSA) is 29.9 Å². The van der Waals surface area contributed by atoms with Gasteiger partial charge in [-0.1, -0.05) is 6.92 Å². The number of hydrogen-bond donors (Lipinski definition) is 1. The van der Waals surface area contributed by atoms with Gasteiger partial charge in [-0.05, 0) is 39.0 Å². The molecule has 1 aliphatic rings. The lowest BCUT2D eigenvalue weighted by Crippen LogP contribution is -2.20. The fourth-order valence-electron chi connectivity index (χ4n) is 1.96. The molecule has 1 saturated carbocycles. The molecule has 1 unspecified atom stereocenters. The summed E-state index contributed by atoms with van der Waals surface area (Å²) in [5.41, 5.74) is 1.17. The molecule has 84 valence electrons. The van der Waals surface area contributed by atoms with Crippen LogP contribution in [0.15, 0.2) is 12.4 Å². The third-order valence-corrected chi connectivity index (χ3v) is 3.11. The summed E-state index contributed by atoms with van der Waals surface area (Å²) in [5.74, 6) is 0.900. The van der Waals surface area contributed by atoms with Gasteiger partial charge in [0.2, 0.25) is 0 Å². The number of anilines is 1. The van der Waals surface area contributed by atoms with Crippen molar-refractivity contribution in [2.75, 3.05) is 5.32 Å². The van der Waals surface area contributed by atoms with Crippen LogP contribution in [0.5, 0.6) is 0 Å². The van der Waals surface area contributed by atoms with Gasteiger partial charge in [0.15, 0.2) is 0 Å². The molecule has 0 aromatic carbocycles. The van der Waals surface area contributed by atoms with Crippen LogP contribution in [0.1, 0.15) is 46.1 Å². The van der Waals surface area contributed by atoms with Crippen molar-refractivity contribution in [3.63, 3.8) is 0 Å². The molecule has 1 atom stereocenters. The van der Waals surface area contributed by atoms with Crippen molar-refractivity contribution in [1.29, 1.82) is 0 Å². The lowest BCUT2D eigenvalue weighted by Gasteiger charge is -2.15. The molecule has 0 saturated heterocycles. The van der Waals surface area contributed by atoms with Gasteiger partial charge in [-0.3, -0.25) is 4.68 Å². The molecule has 1 aliphatic carbocycles. The third kappa shape index (κ3) is 2.52. The van der Waals surface area contributed by atoms with E-state index >= 15 is 0 Å². The average molecular weight is 207 g/mol. The second-order valence-corrected chi connectivity index (χ2v) is 4.80. The van der Waals surface area contributed by atoms with Crippen molar-refractivity contribution in [3.8, 4) is 0 Å². The Kier molecular flexibility index (Phi) is 2.98. The van der Waals surface area contributed by atoms with E-state index in [1.165, 1.54) is 24.9 Å². The standard InChI is InChI=1S/C12H21N3/c1-4-12(10-5-6-10)14-11-7-13-15(8-11)9(2)3/h7-10,12,14H,4-6H2,1-3H3. The van der Waals surface area contributed by atoms with Gasteiger partial charge in [0, 0.05) is 18.3 Å². The predicted octanol–water partition coefficient (Wildman–Crippen LogP) is 3.06. The van der Waals surface area contributed by atoms with Crippen molar-refractivity contribution >= 4 is 5.69 Å². The molecule has 1 N–H and O–H groups in total. The quantitative estimate of drug-likeness (QED) is 0.804. The Labute approximate surface area is 91.9 Å². The molecular formula is C12H21N3. The third-order valence-electron chi connectivity index (χ3n) is 3.11. The first kappa shape index (κ1) is 10.5. The minimum Gasteiger partial charge on any atom is -0.380 e. The summed E-state index contributed by atoms with van der Waals surface area (Å²) < 4.78 is 2.00. The second-order valence-electron chi connectivity index (χ2n) is 4.80. The van der Waals surface area contributed by atoms with Crippen molar-refractivity contribution < 1.29 is 0 Å². The van der Waals surface area contributed by atoms with Gasteiger partial charge in [-0.2, -0.15) is 5.10 Å². The van der Waals surface area contributed by atoms with E-state index in [9.17, 15) is 0 Å². The fourth-order valence-corrected chi connectivity index (χ4v) is 1.96. The highest BCUT2D eigenvalue weighted by atomic mass is 15.3. The van der Waals surface area contributed by atoms with E-state index < -0.39 is 0 Å². The monoisotopic (exact) mass is 207 g/mol. The summed E-state index contributed by atoms with van der Waals surface area (Å²) in [5, 5.41) is 7.92. The summed E-state index contributed by atoms with van der Waals surface area (Å²) >= 11 is 0. The van der Waals surface area contributed by atoms with E-state index in [1.807, 2.05) is 10.9 Å². The molecule has 0 bridgehead atoms. The van der Waals surface area contributed by atoms with Crippen LogP contribution >= 0.6 is 0 Å². The number of aromatic nitrogens is 2. The molecule has 0 spiro atoms. The van der Waals surface area contributed by atoms with Gasteiger partial charge < -0.3 is 5.32 Å². The largest absolute Gasteiger partial charge is 0.380 e. The Hall–Kier alpha value is -0.990. The first-order chi connectivity index (χ1) is 7.20. The van der Waals surface area contributed by atoms with Crippen molar-refractivity contribution in [3.05, 3.63) is 12.4 Å². The van der Waals surface area contributed by atoms with Gasteiger partial charge in [-0.25, -0.2) is 0 Å². The SMILES string of the molecule is CCC(Nc1cnn(C(C)C)c1)C1CC1. The minimum absolute atomic E-state index is 0.446. The van der Waals surface area contributed by atoms with E-state index in [-0.39, 0.29) is 0 Å². The number of nitrogens with one attached hydrogen (secondary N) is 1. The molecule has 2 rings (SSSR count). The number of nitrogens with zero attached hydrogens (tertiary/aromatic N) is 2. The van der Waals surface area contributed by atoms with Crippen LogP contribution in [-0.4, -0.2) is 15.8 Å². The molecule has 1 aromatic heterocycles. The fraction of sp³-hybridized carbons (Fsp3) is 0.750. The average Bonchev–Trinajstić information content (AvgIpc) is 2.94. The Bertz CT molecular complexity index is 312. The van der Waals surface area contributed by atoms with Gasteiger partial charge >= 0.3 is 0 Å². The zero-order valence-electron chi connectivity index (χ0n) is 9.90. The van der Waals surface area contributed by atoms with E-state index in [2.05, 4.69) is 37.4 Å². The molecule has 0 amide bonds. The normalized spacial score (nSPS) is 18.1. The molecule has 1 heterocycles. The predicted molar refractivity (Wildman–Crippen MR) is 63.0 cm³/mol. The van der Waals surface area contributed by atoms with Crippen LogP contribution in [0, 0.1) is 5.92 Å². The van der Waals surface area contributed by atoms with Gasteiger partial charge in [0.1, 0.15) is 0 Å². The van der Waals surface area contributed by atoms with E-state index in [1.54, 1.807) is 0 Å². The Morgan fingerprint density at radius 3 is 2.73 bits per heavy atom. The van der Waals surface area contributed by atoms with Crippen LogP contribution in [0.3, 0.4) is 0 Å². The Balaban J connectivity index is 1.96. The van der Waals surface area contributed by atoms with Gasteiger partial charge in [-0.15, -0.1) is 0 Å². The van der Waals surface area contributed by atoms with Gasteiger partial charge in [0.25, 0.3) is 0 Å². The van der Waals surface area contributed by atoms with Crippen LogP contribution in [0.2, 0.25) is 0 Å². The molecule has 0 aliphatic heterocycles. The molecule has 3 nitrogen and oxygen atoms in total. The smallest absolute Gasteiger partial charge is 0.0728 e. The van der Waals surface area contributed by atoms with Crippen molar-refractivity contribution in [2.45, 2.75) is 52.1 Å². The summed E-state index contributed by atoms with van der Waals surface area (Å²) in [4.78, 5) is 0. The Morgan fingerprint density at radius 2 is 2.27 bits per heavy atom. The lowest BCUT2D eigenvalue weighted by atomic mass is 10.1. The van der Waals surface area contributed by atoms with E-state index in [0.29, 0.717) is 12.1 Å². The minimum atomic E-state index is 0.446. The zero-order valence-corrected chi connectivity index (χ0v) is 9.90. The number of rotatable bonds is 5. The Morgan fingerprint density at radius 1 is 1.53 bits per heavy atom. The summed E-state index contributed by atoms with van der Waals surface area (Å²) in [7, 11) is 0. The van der Waals surface area contributed by atoms with Gasteiger partial charge in [0.05, 0.1) is 11.9 Å². The van der Waals surface area contributed by atoms with Crippen LogP contribution in [0.25, 0.3) is 0 Å². The first-order valence-corrected chi connectivity index (χ1v) is 6.01. The highest BCUT2D eigenvalue weighted by Crippen LogP contribution is 2.35. The lowest BCUT2D eigenvalue weighted by molar-refractivity contribution is 0.532. The second kappa shape index (κ2) is 4.25. The van der Waals surface area contributed by atoms with E-state index in [4.69, 9.17) is 0 Å². The summed E-state index contributed by atoms with van der Waals surface area (Å²) in [6.45, 7) is 6.55. The molecule has 0 radical (unpaired) electrons. The maximum absolute atomic E-state index is 4.34. The van der Waals surface area contributed by atoms with Crippen molar-refractivity contribution in [2.24, 2.45) is 5.92 Å². The molecular weight excluding hydrogens is 186 g/mol. The van der Waals surface area contributed by atoms with Crippen LogP contribution < -0.4 is 5.32 Å². The maximum atomic E-state index is 4.34.